The van der Waals surface area contributed by atoms with Gasteiger partial charge in [0.25, 0.3) is 0 Å². The Morgan fingerprint density at radius 1 is 1.28 bits per heavy atom. The Bertz CT molecular complexity index is 539. The summed E-state index contributed by atoms with van der Waals surface area (Å²) in [6.45, 7) is 3.15. The van der Waals surface area contributed by atoms with Crippen LogP contribution in [0, 0.1) is 5.92 Å². The highest BCUT2D eigenvalue weighted by Crippen LogP contribution is 2.47. The largest absolute Gasteiger partial charge is 0.294 e. The van der Waals surface area contributed by atoms with Gasteiger partial charge in [-0.05, 0) is 36.5 Å². The molecule has 0 aromatic carbocycles. The van der Waals surface area contributed by atoms with Crippen molar-refractivity contribution in [1.82, 2.24) is 0 Å². The van der Waals surface area contributed by atoms with E-state index in [-0.39, 0.29) is 5.38 Å². The molecule has 3 heteroatoms. The first-order chi connectivity index (χ1) is 8.74. The summed E-state index contributed by atoms with van der Waals surface area (Å²) in [6, 6.07) is 0.426. The van der Waals surface area contributed by atoms with Gasteiger partial charge >= 0.3 is 0 Å². The molecule has 0 saturated heterocycles. The first-order valence-electron chi connectivity index (χ1n) is 6.87. The van der Waals surface area contributed by atoms with Gasteiger partial charge in [-0.2, -0.15) is 0 Å². The summed E-state index contributed by atoms with van der Waals surface area (Å²) < 4.78 is 0. The second-order valence-corrected chi connectivity index (χ2v) is 6.46. The van der Waals surface area contributed by atoms with Gasteiger partial charge in [0, 0.05) is 36.1 Å². The molecule has 0 bridgehead atoms. The lowest BCUT2D eigenvalue weighted by Crippen LogP contribution is -2.31. The maximum absolute atomic E-state index is 6.42. The van der Waals surface area contributed by atoms with Gasteiger partial charge in [0.05, 0.1) is 12.6 Å². The van der Waals surface area contributed by atoms with Crippen LogP contribution in [0.1, 0.15) is 32.6 Å². The van der Waals surface area contributed by atoms with Crippen molar-refractivity contribution in [2.24, 2.45) is 15.9 Å². The zero-order chi connectivity index (χ0) is 12.3. The Morgan fingerprint density at radius 2 is 2.17 bits per heavy atom. The molecule has 18 heavy (non-hydrogen) atoms. The van der Waals surface area contributed by atoms with Crippen molar-refractivity contribution in [3.8, 4) is 0 Å². The molecule has 1 saturated carbocycles. The molecule has 3 unspecified atom stereocenters. The lowest BCUT2D eigenvalue weighted by atomic mass is 9.70. The topological polar surface area (TPSA) is 24.7 Å². The van der Waals surface area contributed by atoms with Crippen molar-refractivity contribution in [2.45, 2.75) is 44.0 Å². The Morgan fingerprint density at radius 3 is 3.06 bits per heavy atom. The minimum absolute atomic E-state index is 0.238. The van der Waals surface area contributed by atoms with Crippen LogP contribution in [0.2, 0.25) is 0 Å². The number of aliphatic imine (C=N–C) groups is 2. The predicted octanol–water partition coefficient (Wildman–Crippen LogP) is 3.32. The highest BCUT2D eigenvalue weighted by Gasteiger charge is 2.39. The Hall–Kier alpha value is -0.890. The molecule has 2 aliphatic heterocycles. The van der Waals surface area contributed by atoms with E-state index in [1.165, 1.54) is 23.3 Å². The van der Waals surface area contributed by atoms with Crippen molar-refractivity contribution in [2.75, 3.05) is 6.54 Å². The van der Waals surface area contributed by atoms with E-state index in [1.807, 2.05) is 0 Å². The highest BCUT2D eigenvalue weighted by molar-refractivity contribution is 6.24. The second kappa shape index (κ2) is 3.80. The van der Waals surface area contributed by atoms with Crippen LogP contribution in [0.4, 0.5) is 0 Å². The molecule has 0 aromatic rings. The number of nitrogens with zero attached hydrogens (tertiary/aromatic N) is 2. The number of alkyl halides is 1. The minimum atomic E-state index is 0.238. The molecule has 0 amide bonds. The fourth-order valence-electron chi connectivity index (χ4n) is 3.94. The Balaban J connectivity index is 1.87. The van der Waals surface area contributed by atoms with Gasteiger partial charge in [-0.3, -0.25) is 9.98 Å². The molecule has 1 fully saturated rings. The standard InChI is InChI=1S/C15H17ClN2/c1-8-12-4-9-7-18-14-6-10(16)5-13(15(9)14)11(12)2-3-17-8/h3,8,10,12H,2,4-7H2,1H3. The van der Waals surface area contributed by atoms with Crippen LogP contribution >= 0.6 is 11.6 Å². The summed E-state index contributed by atoms with van der Waals surface area (Å²) in [6.07, 6.45) is 6.29. The molecule has 0 spiro atoms. The number of hydrogen-bond acceptors (Lipinski definition) is 2. The molecule has 2 nitrogen and oxygen atoms in total. The van der Waals surface area contributed by atoms with Crippen LogP contribution in [0.5, 0.6) is 0 Å². The van der Waals surface area contributed by atoms with Gasteiger partial charge in [-0.25, -0.2) is 0 Å². The average molecular weight is 261 g/mol. The predicted molar refractivity (Wildman–Crippen MR) is 75.9 cm³/mol. The van der Waals surface area contributed by atoms with Crippen LogP contribution in [0.15, 0.2) is 32.3 Å². The van der Waals surface area contributed by atoms with Gasteiger partial charge < -0.3 is 0 Å². The van der Waals surface area contributed by atoms with Crippen LogP contribution in [0.3, 0.4) is 0 Å². The van der Waals surface area contributed by atoms with E-state index in [2.05, 4.69) is 18.1 Å². The van der Waals surface area contributed by atoms with Crippen LogP contribution in [0.25, 0.3) is 0 Å². The van der Waals surface area contributed by atoms with Crippen LogP contribution < -0.4 is 0 Å². The molecule has 4 aliphatic rings. The first-order valence-corrected chi connectivity index (χ1v) is 7.31. The quantitative estimate of drug-likeness (QED) is 0.597. The molecular weight excluding hydrogens is 244 g/mol. The molecule has 0 N–H and O–H groups in total. The van der Waals surface area contributed by atoms with E-state index in [0.717, 1.165) is 25.8 Å². The lowest BCUT2D eigenvalue weighted by molar-refractivity contribution is 0.475. The monoisotopic (exact) mass is 260 g/mol. The smallest absolute Gasteiger partial charge is 0.0612 e. The maximum Gasteiger partial charge on any atom is 0.0612 e. The Kier molecular flexibility index (Phi) is 2.32. The van der Waals surface area contributed by atoms with Crippen molar-refractivity contribution < 1.29 is 0 Å². The van der Waals surface area contributed by atoms with Gasteiger partial charge in [0.15, 0.2) is 0 Å². The van der Waals surface area contributed by atoms with Crippen LogP contribution in [-0.2, 0) is 0 Å². The number of allylic oxidation sites excluding steroid dienone is 2. The molecule has 3 atom stereocenters. The third-order valence-corrected chi connectivity index (χ3v) is 5.09. The van der Waals surface area contributed by atoms with E-state index in [0.29, 0.717) is 12.0 Å². The third-order valence-electron chi connectivity index (χ3n) is 4.78. The summed E-state index contributed by atoms with van der Waals surface area (Å²) in [5.41, 5.74) is 7.48. The molecular formula is C15H17ClN2. The second-order valence-electron chi connectivity index (χ2n) is 5.84. The fourth-order valence-corrected chi connectivity index (χ4v) is 4.24. The zero-order valence-electron chi connectivity index (χ0n) is 10.6. The third kappa shape index (κ3) is 1.41. The highest BCUT2D eigenvalue weighted by atomic mass is 35.5. The van der Waals surface area contributed by atoms with Gasteiger partial charge in [0.1, 0.15) is 0 Å². The van der Waals surface area contributed by atoms with Gasteiger partial charge in [0.2, 0.25) is 0 Å². The SMILES string of the molecule is CC1N=CCC2=C3CC(Cl)CC4=NCC(=C43)CC21. The average Bonchev–Trinajstić information content (AvgIpc) is 2.75. The molecule has 2 aliphatic carbocycles. The summed E-state index contributed by atoms with van der Waals surface area (Å²) >= 11 is 6.42. The summed E-state index contributed by atoms with van der Waals surface area (Å²) in [5.74, 6) is 0.611. The van der Waals surface area contributed by atoms with Crippen molar-refractivity contribution in [3.63, 3.8) is 0 Å². The normalized spacial score (nSPS) is 37.7. The van der Waals surface area contributed by atoms with E-state index in [1.54, 1.807) is 11.1 Å². The van der Waals surface area contributed by atoms with Crippen molar-refractivity contribution >= 4 is 23.5 Å². The molecule has 0 aromatic heterocycles. The molecule has 0 radical (unpaired) electrons. The summed E-state index contributed by atoms with van der Waals surface area (Å²) in [4.78, 5) is 9.32. The number of fused-ring (bicyclic) bond motifs is 1. The molecule has 94 valence electrons. The van der Waals surface area contributed by atoms with E-state index in [4.69, 9.17) is 16.6 Å². The summed E-state index contributed by atoms with van der Waals surface area (Å²) in [5, 5.41) is 0.238. The number of halogens is 1. The number of rotatable bonds is 0. The van der Waals surface area contributed by atoms with Gasteiger partial charge in [-0.1, -0.05) is 5.57 Å². The van der Waals surface area contributed by atoms with E-state index in [9.17, 15) is 0 Å². The Labute approximate surface area is 113 Å². The van der Waals surface area contributed by atoms with E-state index < -0.39 is 0 Å². The van der Waals surface area contributed by atoms with E-state index >= 15 is 0 Å². The minimum Gasteiger partial charge on any atom is -0.294 e. The maximum atomic E-state index is 6.42. The molecule has 4 rings (SSSR count). The lowest BCUT2D eigenvalue weighted by Gasteiger charge is -2.37. The fraction of sp³-hybridized carbons (Fsp3) is 0.600. The van der Waals surface area contributed by atoms with Crippen molar-refractivity contribution in [3.05, 3.63) is 22.3 Å². The van der Waals surface area contributed by atoms with Crippen molar-refractivity contribution in [1.29, 1.82) is 0 Å². The summed E-state index contributed by atoms with van der Waals surface area (Å²) in [7, 11) is 0. The zero-order valence-corrected chi connectivity index (χ0v) is 11.4. The first kappa shape index (κ1) is 11.0. The van der Waals surface area contributed by atoms with Gasteiger partial charge in [-0.15, -0.1) is 11.6 Å². The molecule has 2 heterocycles. The number of hydrogen-bond donors (Lipinski definition) is 0. The van der Waals surface area contributed by atoms with Crippen LogP contribution in [-0.4, -0.2) is 29.9 Å².